The van der Waals surface area contributed by atoms with E-state index in [4.69, 9.17) is 15.2 Å². The summed E-state index contributed by atoms with van der Waals surface area (Å²) < 4.78 is 23.9. The number of halogens is 1. The van der Waals surface area contributed by atoms with E-state index in [2.05, 4.69) is 5.32 Å². The van der Waals surface area contributed by atoms with Crippen LogP contribution >= 0.6 is 0 Å². The molecule has 0 spiro atoms. The molecule has 0 bridgehead atoms. The highest BCUT2D eigenvalue weighted by molar-refractivity contribution is 6.05. The molecule has 5 nitrogen and oxygen atoms in total. The highest BCUT2D eigenvalue weighted by atomic mass is 19.1. The first kappa shape index (κ1) is 16.6. The zero-order chi connectivity index (χ0) is 16.8. The van der Waals surface area contributed by atoms with Crippen molar-refractivity contribution in [1.29, 1.82) is 0 Å². The van der Waals surface area contributed by atoms with Crippen molar-refractivity contribution in [3.63, 3.8) is 0 Å². The second kappa shape index (κ2) is 7.49. The van der Waals surface area contributed by atoms with Crippen LogP contribution in [0.4, 0.5) is 15.8 Å². The van der Waals surface area contributed by atoms with E-state index in [1.165, 1.54) is 24.3 Å². The van der Waals surface area contributed by atoms with Gasteiger partial charge in [0.2, 0.25) is 0 Å². The van der Waals surface area contributed by atoms with Gasteiger partial charge in [0.05, 0.1) is 24.6 Å². The van der Waals surface area contributed by atoms with Gasteiger partial charge in [0.1, 0.15) is 17.3 Å². The number of rotatable bonds is 6. The first-order valence-electron chi connectivity index (χ1n) is 7.31. The van der Waals surface area contributed by atoms with Crippen LogP contribution in [0.3, 0.4) is 0 Å². The van der Waals surface area contributed by atoms with E-state index in [1.54, 1.807) is 12.1 Å². The predicted octanol–water partition coefficient (Wildman–Crippen LogP) is 3.46. The standard InChI is InChI=1S/C17H19FN2O3/c1-3-22-15-10-14(16(23-4-2)9-13(15)19)20-17(21)11-5-7-12(18)8-6-11/h5-10H,3-4,19H2,1-2H3,(H,20,21). The van der Waals surface area contributed by atoms with Crippen molar-refractivity contribution in [3.05, 3.63) is 47.8 Å². The minimum atomic E-state index is -0.400. The number of hydrogen-bond donors (Lipinski definition) is 2. The molecule has 0 atom stereocenters. The number of anilines is 2. The van der Waals surface area contributed by atoms with Crippen molar-refractivity contribution in [2.75, 3.05) is 24.3 Å². The fourth-order valence-corrected chi connectivity index (χ4v) is 2.02. The smallest absolute Gasteiger partial charge is 0.255 e. The Hall–Kier alpha value is -2.76. The molecule has 3 N–H and O–H groups in total. The fraction of sp³-hybridized carbons (Fsp3) is 0.235. The monoisotopic (exact) mass is 318 g/mol. The lowest BCUT2D eigenvalue weighted by Gasteiger charge is -2.15. The molecule has 122 valence electrons. The summed E-state index contributed by atoms with van der Waals surface area (Å²) in [5.41, 5.74) is 7.11. The van der Waals surface area contributed by atoms with Crippen LogP contribution in [0.5, 0.6) is 11.5 Å². The third-order valence-corrected chi connectivity index (χ3v) is 3.07. The average Bonchev–Trinajstić information content (AvgIpc) is 2.52. The van der Waals surface area contributed by atoms with Crippen molar-refractivity contribution >= 4 is 17.3 Å². The van der Waals surface area contributed by atoms with Crippen molar-refractivity contribution in [2.45, 2.75) is 13.8 Å². The van der Waals surface area contributed by atoms with Crippen LogP contribution in [0.1, 0.15) is 24.2 Å². The molecule has 2 rings (SSSR count). The first-order chi connectivity index (χ1) is 11.0. The molecule has 1 amide bonds. The molecule has 2 aromatic carbocycles. The van der Waals surface area contributed by atoms with E-state index >= 15 is 0 Å². The van der Waals surface area contributed by atoms with Crippen LogP contribution in [0.2, 0.25) is 0 Å². The van der Waals surface area contributed by atoms with Gasteiger partial charge in [-0.1, -0.05) is 0 Å². The lowest BCUT2D eigenvalue weighted by Crippen LogP contribution is -2.13. The summed E-state index contributed by atoms with van der Waals surface area (Å²) in [5, 5.41) is 2.74. The van der Waals surface area contributed by atoms with Crippen LogP contribution in [0.25, 0.3) is 0 Å². The van der Waals surface area contributed by atoms with Gasteiger partial charge in [-0.25, -0.2) is 4.39 Å². The van der Waals surface area contributed by atoms with Crippen molar-refractivity contribution in [1.82, 2.24) is 0 Å². The van der Waals surface area contributed by atoms with Crippen LogP contribution in [-0.4, -0.2) is 19.1 Å². The Kier molecular flexibility index (Phi) is 5.41. The van der Waals surface area contributed by atoms with Gasteiger partial charge in [0.15, 0.2) is 0 Å². The van der Waals surface area contributed by atoms with Gasteiger partial charge in [-0.2, -0.15) is 0 Å². The molecule has 0 aliphatic rings. The van der Waals surface area contributed by atoms with Gasteiger partial charge in [0.25, 0.3) is 5.91 Å². The number of amides is 1. The molecule has 0 saturated carbocycles. The summed E-state index contributed by atoms with van der Waals surface area (Å²) >= 11 is 0. The van der Waals surface area contributed by atoms with Gasteiger partial charge in [0, 0.05) is 17.7 Å². The van der Waals surface area contributed by atoms with E-state index in [0.717, 1.165) is 0 Å². The summed E-state index contributed by atoms with van der Waals surface area (Å²) in [7, 11) is 0. The van der Waals surface area contributed by atoms with E-state index in [-0.39, 0.29) is 5.91 Å². The molecule has 0 aliphatic heterocycles. The van der Waals surface area contributed by atoms with Gasteiger partial charge >= 0.3 is 0 Å². The zero-order valence-electron chi connectivity index (χ0n) is 13.1. The minimum absolute atomic E-state index is 0.337. The Morgan fingerprint density at radius 2 is 1.70 bits per heavy atom. The second-order valence-electron chi connectivity index (χ2n) is 4.71. The molecule has 0 aliphatic carbocycles. The molecule has 23 heavy (non-hydrogen) atoms. The summed E-state index contributed by atoms with van der Waals surface area (Å²) in [5.74, 6) is 0.134. The van der Waals surface area contributed by atoms with Crippen LogP contribution in [0.15, 0.2) is 36.4 Å². The number of ether oxygens (including phenoxy) is 2. The lowest BCUT2D eigenvalue weighted by molar-refractivity contribution is 0.102. The van der Waals surface area contributed by atoms with E-state index in [0.29, 0.717) is 41.7 Å². The summed E-state index contributed by atoms with van der Waals surface area (Å²) in [6.07, 6.45) is 0. The molecule has 0 unspecified atom stereocenters. The number of carbonyl (C=O) groups is 1. The van der Waals surface area contributed by atoms with Crippen LogP contribution in [-0.2, 0) is 0 Å². The molecular formula is C17H19FN2O3. The van der Waals surface area contributed by atoms with Gasteiger partial charge in [-0.15, -0.1) is 0 Å². The lowest BCUT2D eigenvalue weighted by atomic mass is 10.2. The average molecular weight is 318 g/mol. The maximum Gasteiger partial charge on any atom is 0.255 e. The van der Waals surface area contributed by atoms with Crippen molar-refractivity contribution < 1.29 is 18.7 Å². The second-order valence-corrected chi connectivity index (χ2v) is 4.71. The summed E-state index contributed by atoms with van der Waals surface area (Å²) in [6.45, 7) is 4.54. The maximum atomic E-state index is 12.9. The number of nitrogen functional groups attached to an aromatic ring is 1. The minimum Gasteiger partial charge on any atom is -0.492 e. The number of carbonyl (C=O) groups excluding carboxylic acids is 1. The largest absolute Gasteiger partial charge is 0.492 e. The van der Waals surface area contributed by atoms with Gasteiger partial charge in [-0.3, -0.25) is 4.79 Å². The third kappa shape index (κ3) is 4.12. The predicted molar refractivity (Wildman–Crippen MR) is 87.5 cm³/mol. The molecule has 2 aromatic rings. The van der Waals surface area contributed by atoms with Gasteiger partial charge < -0.3 is 20.5 Å². The summed E-state index contributed by atoms with van der Waals surface area (Å²) in [4.78, 5) is 12.3. The fourth-order valence-electron chi connectivity index (χ4n) is 2.02. The SMILES string of the molecule is CCOc1cc(NC(=O)c2ccc(F)cc2)c(OCC)cc1N. The van der Waals surface area contributed by atoms with E-state index in [1.807, 2.05) is 13.8 Å². The highest BCUT2D eigenvalue weighted by Gasteiger charge is 2.14. The van der Waals surface area contributed by atoms with Gasteiger partial charge in [-0.05, 0) is 38.1 Å². The molecule has 0 heterocycles. The Bertz CT molecular complexity index is 687. The van der Waals surface area contributed by atoms with Crippen LogP contribution in [0, 0.1) is 5.82 Å². The normalized spacial score (nSPS) is 10.2. The molecule has 0 radical (unpaired) electrons. The molecule has 0 aromatic heterocycles. The number of hydrogen-bond acceptors (Lipinski definition) is 4. The molecular weight excluding hydrogens is 299 g/mol. The Morgan fingerprint density at radius 3 is 2.30 bits per heavy atom. The third-order valence-electron chi connectivity index (χ3n) is 3.07. The van der Waals surface area contributed by atoms with E-state index < -0.39 is 5.82 Å². The molecule has 0 saturated heterocycles. The maximum absolute atomic E-state index is 12.9. The molecule has 0 fully saturated rings. The Labute approximate surface area is 134 Å². The van der Waals surface area contributed by atoms with E-state index in [9.17, 15) is 9.18 Å². The van der Waals surface area contributed by atoms with Crippen LogP contribution < -0.4 is 20.5 Å². The highest BCUT2D eigenvalue weighted by Crippen LogP contribution is 2.35. The zero-order valence-corrected chi connectivity index (χ0v) is 13.1. The number of nitrogens with two attached hydrogens (primary N) is 1. The number of nitrogens with one attached hydrogen (secondary N) is 1. The topological polar surface area (TPSA) is 73.6 Å². The molecule has 6 heteroatoms. The summed E-state index contributed by atoms with van der Waals surface area (Å²) in [6, 6.07) is 8.50. The Balaban J connectivity index is 2.30. The Morgan fingerprint density at radius 1 is 1.09 bits per heavy atom. The quantitative estimate of drug-likeness (QED) is 0.800. The first-order valence-corrected chi connectivity index (χ1v) is 7.31. The number of benzene rings is 2. The van der Waals surface area contributed by atoms with Crippen molar-refractivity contribution in [3.8, 4) is 11.5 Å². The van der Waals surface area contributed by atoms with Crippen molar-refractivity contribution in [2.24, 2.45) is 0 Å².